The third kappa shape index (κ3) is 3.30. The number of nitrogens with zero attached hydrogens (tertiary/aromatic N) is 1. The molecular weight excluding hydrogens is 226 g/mol. The summed E-state index contributed by atoms with van der Waals surface area (Å²) in [5, 5.41) is 0. The van der Waals surface area contributed by atoms with E-state index in [1.165, 1.54) is 0 Å². The van der Waals surface area contributed by atoms with Crippen LogP contribution in [0.5, 0.6) is 5.75 Å². The first kappa shape index (κ1) is 13.7. The minimum absolute atomic E-state index is 0.0409. The van der Waals surface area contributed by atoms with Gasteiger partial charge in [0.1, 0.15) is 6.61 Å². The van der Waals surface area contributed by atoms with Crippen LogP contribution in [0.4, 0.5) is 14.5 Å². The van der Waals surface area contributed by atoms with Crippen LogP contribution in [0, 0.1) is 11.6 Å². The molecule has 0 aliphatic rings. The molecule has 1 aromatic rings. The molecule has 0 amide bonds. The lowest BCUT2D eigenvalue weighted by atomic mass is 10.1. The van der Waals surface area contributed by atoms with E-state index in [1.807, 2.05) is 32.8 Å². The maximum absolute atomic E-state index is 13.4. The molecule has 1 aromatic carbocycles. The Balaban J connectivity index is 2.83. The highest BCUT2D eigenvalue weighted by atomic mass is 19.1. The summed E-state index contributed by atoms with van der Waals surface area (Å²) in [5.41, 5.74) is 5.04. The Morgan fingerprint density at radius 1 is 1.24 bits per heavy atom. The fraction of sp³-hybridized carbons (Fsp3) is 0.500. The Hall–Kier alpha value is -1.36. The second-order valence-electron chi connectivity index (χ2n) is 4.81. The van der Waals surface area contributed by atoms with E-state index >= 15 is 0 Å². The molecule has 96 valence electrons. The van der Waals surface area contributed by atoms with Crippen molar-refractivity contribution in [2.24, 2.45) is 0 Å². The normalized spacial score (nSPS) is 11.9. The molecule has 0 saturated carbocycles. The number of ether oxygens (including phenoxy) is 1. The van der Waals surface area contributed by atoms with Gasteiger partial charge in [0, 0.05) is 23.4 Å². The number of hydrogen-bond donors (Lipinski definition) is 1. The molecule has 0 aliphatic heterocycles. The highest BCUT2D eigenvalue weighted by molar-refractivity contribution is 5.44. The van der Waals surface area contributed by atoms with Crippen molar-refractivity contribution in [2.75, 3.05) is 26.4 Å². The molecule has 3 nitrogen and oxygen atoms in total. The Labute approximate surface area is 100 Å². The standard InChI is InChI=1S/C12H18F2N2O/c1-12(2,16(3)4)7-17-11-9(13)5-8(15)6-10(11)14/h5-6H,7,15H2,1-4H3. The van der Waals surface area contributed by atoms with Crippen molar-refractivity contribution in [1.29, 1.82) is 0 Å². The summed E-state index contributed by atoms with van der Waals surface area (Å²) >= 11 is 0. The smallest absolute Gasteiger partial charge is 0.190 e. The van der Waals surface area contributed by atoms with E-state index in [1.54, 1.807) is 0 Å². The second-order valence-corrected chi connectivity index (χ2v) is 4.81. The number of nitrogen functional groups attached to an aromatic ring is 1. The summed E-state index contributed by atoms with van der Waals surface area (Å²) in [5.74, 6) is -1.94. The monoisotopic (exact) mass is 244 g/mol. The van der Waals surface area contributed by atoms with Crippen LogP contribution < -0.4 is 10.5 Å². The summed E-state index contributed by atoms with van der Waals surface area (Å²) in [6.45, 7) is 4.01. The maximum Gasteiger partial charge on any atom is 0.190 e. The van der Waals surface area contributed by atoms with E-state index < -0.39 is 11.6 Å². The third-order valence-electron chi connectivity index (χ3n) is 2.80. The van der Waals surface area contributed by atoms with Crippen LogP contribution in [0.1, 0.15) is 13.8 Å². The molecule has 1 rings (SSSR count). The van der Waals surface area contributed by atoms with E-state index in [2.05, 4.69) is 0 Å². The van der Waals surface area contributed by atoms with Gasteiger partial charge in [0.2, 0.25) is 0 Å². The molecule has 2 N–H and O–H groups in total. The lowest BCUT2D eigenvalue weighted by Gasteiger charge is -2.32. The molecule has 0 unspecified atom stereocenters. The van der Waals surface area contributed by atoms with Crippen molar-refractivity contribution in [3.8, 4) is 5.75 Å². The molecule has 0 bridgehead atoms. The van der Waals surface area contributed by atoms with Crippen molar-refractivity contribution < 1.29 is 13.5 Å². The molecule has 0 fully saturated rings. The van der Waals surface area contributed by atoms with Gasteiger partial charge in [0.05, 0.1) is 0 Å². The van der Waals surface area contributed by atoms with Gasteiger partial charge < -0.3 is 15.4 Å². The molecule has 17 heavy (non-hydrogen) atoms. The molecule has 0 atom stereocenters. The summed E-state index contributed by atoms with van der Waals surface area (Å²) in [7, 11) is 3.75. The highest BCUT2D eigenvalue weighted by Gasteiger charge is 2.23. The van der Waals surface area contributed by atoms with Gasteiger partial charge in [-0.3, -0.25) is 0 Å². The number of nitrogens with two attached hydrogens (primary N) is 1. The second kappa shape index (κ2) is 4.87. The predicted molar refractivity (Wildman–Crippen MR) is 64.0 cm³/mol. The fourth-order valence-electron chi connectivity index (χ4n) is 1.10. The summed E-state index contributed by atoms with van der Waals surface area (Å²) in [6, 6.07) is 2.09. The Morgan fingerprint density at radius 2 is 1.71 bits per heavy atom. The first-order valence-electron chi connectivity index (χ1n) is 5.29. The van der Waals surface area contributed by atoms with Crippen LogP contribution in [0.25, 0.3) is 0 Å². The van der Waals surface area contributed by atoms with Crippen molar-refractivity contribution in [3.63, 3.8) is 0 Å². The lowest BCUT2D eigenvalue weighted by molar-refractivity contribution is 0.108. The molecule has 0 saturated heterocycles. The van der Waals surface area contributed by atoms with E-state index in [4.69, 9.17) is 10.5 Å². The zero-order valence-corrected chi connectivity index (χ0v) is 10.6. The van der Waals surface area contributed by atoms with Gasteiger partial charge >= 0.3 is 0 Å². The Morgan fingerprint density at radius 3 is 2.12 bits per heavy atom. The number of anilines is 1. The Kier molecular flexibility index (Phi) is 3.93. The van der Waals surface area contributed by atoms with Gasteiger partial charge in [-0.25, -0.2) is 8.78 Å². The average Bonchev–Trinajstić information content (AvgIpc) is 2.15. The fourth-order valence-corrected chi connectivity index (χ4v) is 1.10. The lowest BCUT2D eigenvalue weighted by Crippen LogP contribution is -2.43. The highest BCUT2D eigenvalue weighted by Crippen LogP contribution is 2.25. The van der Waals surface area contributed by atoms with Gasteiger partial charge in [-0.2, -0.15) is 0 Å². The van der Waals surface area contributed by atoms with E-state index in [-0.39, 0.29) is 23.6 Å². The van der Waals surface area contributed by atoms with E-state index in [0.717, 1.165) is 12.1 Å². The molecule has 0 radical (unpaired) electrons. The largest absolute Gasteiger partial charge is 0.486 e. The molecule has 0 spiro atoms. The zero-order chi connectivity index (χ0) is 13.2. The summed E-state index contributed by atoms with van der Waals surface area (Å²) < 4.78 is 32.1. The van der Waals surface area contributed by atoms with Gasteiger partial charge in [-0.05, 0) is 27.9 Å². The van der Waals surface area contributed by atoms with Crippen molar-refractivity contribution in [3.05, 3.63) is 23.8 Å². The number of rotatable bonds is 4. The van der Waals surface area contributed by atoms with Crippen molar-refractivity contribution >= 4 is 5.69 Å². The SMILES string of the molecule is CN(C)C(C)(C)COc1c(F)cc(N)cc1F. The first-order chi connectivity index (χ1) is 7.74. The summed E-state index contributed by atoms with van der Waals surface area (Å²) in [6.07, 6.45) is 0. The van der Waals surface area contributed by atoms with Gasteiger partial charge in [0.25, 0.3) is 0 Å². The predicted octanol–water partition coefficient (Wildman–Crippen LogP) is 2.27. The molecule has 0 aromatic heterocycles. The van der Waals surface area contributed by atoms with E-state index in [0.29, 0.717) is 0 Å². The number of halogens is 2. The van der Waals surface area contributed by atoms with Gasteiger partial charge in [-0.1, -0.05) is 0 Å². The molecule has 5 heteroatoms. The van der Waals surface area contributed by atoms with Crippen LogP contribution in [-0.2, 0) is 0 Å². The number of hydrogen-bond acceptors (Lipinski definition) is 3. The van der Waals surface area contributed by atoms with Gasteiger partial charge in [-0.15, -0.1) is 0 Å². The number of likely N-dealkylation sites (N-methyl/N-ethyl adjacent to an activating group) is 1. The van der Waals surface area contributed by atoms with Crippen LogP contribution in [0.3, 0.4) is 0 Å². The van der Waals surface area contributed by atoms with Crippen LogP contribution in [0.2, 0.25) is 0 Å². The third-order valence-corrected chi connectivity index (χ3v) is 2.80. The molecular formula is C12H18F2N2O. The van der Waals surface area contributed by atoms with Crippen LogP contribution in [-0.4, -0.2) is 31.1 Å². The zero-order valence-electron chi connectivity index (χ0n) is 10.6. The molecule has 0 heterocycles. The van der Waals surface area contributed by atoms with Gasteiger partial charge in [0.15, 0.2) is 17.4 Å². The topological polar surface area (TPSA) is 38.5 Å². The maximum atomic E-state index is 13.4. The minimum atomic E-state index is -0.781. The van der Waals surface area contributed by atoms with Crippen LogP contribution in [0.15, 0.2) is 12.1 Å². The Bertz CT molecular complexity index is 382. The van der Waals surface area contributed by atoms with E-state index in [9.17, 15) is 8.78 Å². The average molecular weight is 244 g/mol. The minimum Gasteiger partial charge on any atom is -0.486 e. The summed E-state index contributed by atoms with van der Waals surface area (Å²) in [4.78, 5) is 1.92. The molecule has 0 aliphatic carbocycles. The van der Waals surface area contributed by atoms with Crippen molar-refractivity contribution in [1.82, 2.24) is 4.90 Å². The first-order valence-corrected chi connectivity index (χ1v) is 5.29. The number of benzene rings is 1. The quantitative estimate of drug-likeness (QED) is 0.826. The van der Waals surface area contributed by atoms with Crippen LogP contribution >= 0.6 is 0 Å². The van der Waals surface area contributed by atoms with Crippen molar-refractivity contribution in [2.45, 2.75) is 19.4 Å².